The fourth-order valence-corrected chi connectivity index (χ4v) is 4.05. The van der Waals surface area contributed by atoms with Crippen LogP contribution in [0.1, 0.15) is 32.6 Å². The highest BCUT2D eigenvalue weighted by molar-refractivity contribution is 5.91. The first-order chi connectivity index (χ1) is 15.0. The number of aliphatic hydroxyl groups is 1. The predicted octanol–water partition coefficient (Wildman–Crippen LogP) is 1.75. The number of amides is 3. The largest absolute Gasteiger partial charge is 0.495 e. The van der Waals surface area contributed by atoms with E-state index in [4.69, 9.17) is 14.2 Å². The first-order valence-electron chi connectivity index (χ1n) is 10.9. The summed E-state index contributed by atoms with van der Waals surface area (Å²) >= 11 is 0. The topological polar surface area (TPSA) is 109 Å². The molecular weight excluding hydrogens is 402 g/mol. The first-order valence-corrected chi connectivity index (χ1v) is 10.9. The number of ether oxygens (including phenoxy) is 3. The number of hydrogen-bond donors (Lipinski definition) is 3. The minimum Gasteiger partial charge on any atom is -0.495 e. The fraction of sp³-hybridized carbons (Fsp3) is 0.636. The predicted molar refractivity (Wildman–Crippen MR) is 115 cm³/mol. The van der Waals surface area contributed by atoms with Crippen LogP contribution in [0.3, 0.4) is 0 Å². The molecule has 2 heterocycles. The number of anilines is 1. The number of aliphatic hydroxyl groups excluding tert-OH is 1. The van der Waals surface area contributed by atoms with Gasteiger partial charge in [-0.1, -0.05) is 19.1 Å². The molecule has 0 bridgehead atoms. The molecule has 0 aliphatic carbocycles. The van der Waals surface area contributed by atoms with Gasteiger partial charge in [0.1, 0.15) is 11.9 Å². The second kappa shape index (κ2) is 11.3. The minimum absolute atomic E-state index is 0.0294. The van der Waals surface area contributed by atoms with E-state index < -0.39 is 6.10 Å². The summed E-state index contributed by atoms with van der Waals surface area (Å²) in [7, 11) is 1.55. The van der Waals surface area contributed by atoms with Gasteiger partial charge in [-0.2, -0.15) is 0 Å². The summed E-state index contributed by atoms with van der Waals surface area (Å²) < 4.78 is 17.1. The van der Waals surface area contributed by atoms with Gasteiger partial charge in [-0.15, -0.1) is 0 Å². The molecule has 0 aromatic heterocycles. The lowest BCUT2D eigenvalue weighted by molar-refractivity contribution is -0.149. The molecule has 2 saturated heterocycles. The summed E-state index contributed by atoms with van der Waals surface area (Å²) in [5, 5.41) is 16.0. The Kier molecular flexibility index (Phi) is 8.51. The Morgan fingerprint density at radius 1 is 1.26 bits per heavy atom. The average Bonchev–Trinajstić information content (AvgIpc) is 2.75. The zero-order chi connectivity index (χ0) is 22.2. The number of urea groups is 1. The maximum atomic E-state index is 13.2. The lowest BCUT2D eigenvalue weighted by Crippen LogP contribution is -2.58. The van der Waals surface area contributed by atoms with Gasteiger partial charge in [0.05, 0.1) is 57.2 Å². The van der Waals surface area contributed by atoms with Crippen molar-refractivity contribution in [3.8, 4) is 5.75 Å². The summed E-state index contributed by atoms with van der Waals surface area (Å²) in [4.78, 5) is 26.9. The van der Waals surface area contributed by atoms with Gasteiger partial charge in [0, 0.05) is 6.54 Å². The molecule has 0 spiro atoms. The van der Waals surface area contributed by atoms with E-state index in [2.05, 4.69) is 10.6 Å². The van der Waals surface area contributed by atoms with Crippen LogP contribution >= 0.6 is 0 Å². The Bertz CT molecular complexity index is 746. The molecule has 0 radical (unpaired) electrons. The SMILES string of the molecule is CCCNC(=O)C[C@@H]1CC[C@@H]2[C@H](COC[C@H](O)CN2C(=O)Nc2ccccc2OC)O1. The van der Waals surface area contributed by atoms with Crippen LogP contribution in [0.2, 0.25) is 0 Å². The number of rotatable bonds is 6. The molecule has 3 N–H and O–H groups in total. The molecule has 2 fully saturated rings. The van der Waals surface area contributed by atoms with Crippen LogP contribution in [-0.2, 0) is 14.3 Å². The number of nitrogens with zero attached hydrogens (tertiary/aromatic N) is 1. The van der Waals surface area contributed by atoms with Gasteiger partial charge in [-0.25, -0.2) is 4.79 Å². The summed E-state index contributed by atoms with van der Waals surface area (Å²) in [6, 6.07) is 6.58. The third-order valence-electron chi connectivity index (χ3n) is 5.58. The van der Waals surface area contributed by atoms with Crippen molar-refractivity contribution in [2.24, 2.45) is 0 Å². The maximum Gasteiger partial charge on any atom is 0.322 e. The van der Waals surface area contributed by atoms with Crippen molar-refractivity contribution in [1.29, 1.82) is 0 Å². The monoisotopic (exact) mass is 435 g/mol. The number of carbonyl (C=O) groups excluding carboxylic acids is 2. The number of para-hydroxylation sites is 2. The summed E-state index contributed by atoms with van der Waals surface area (Å²) in [5.74, 6) is 0.527. The highest BCUT2D eigenvalue weighted by atomic mass is 16.5. The number of benzene rings is 1. The minimum atomic E-state index is -0.790. The molecule has 1 aromatic rings. The van der Waals surface area contributed by atoms with Gasteiger partial charge < -0.3 is 34.9 Å². The molecule has 9 nitrogen and oxygen atoms in total. The second-order valence-corrected chi connectivity index (χ2v) is 7.97. The van der Waals surface area contributed by atoms with Crippen molar-refractivity contribution < 1.29 is 28.9 Å². The Morgan fingerprint density at radius 2 is 2.06 bits per heavy atom. The van der Waals surface area contributed by atoms with Crippen LogP contribution in [0.25, 0.3) is 0 Å². The van der Waals surface area contributed by atoms with Crippen molar-refractivity contribution in [3.63, 3.8) is 0 Å². The quantitative estimate of drug-likeness (QED) is 0.628. The van der Waals surface area contributed by atoms with Crippen LogP contribution in [0, 0.1) is 0 Å². The molecule has 172 valence electrons. The van der Waals surface area contributed by atoms with E-state index in [9.17, 15) is 14.7 Å². The lowest BCUT2D eigenvalue weighted by Gasteiger charge is -2.44. The van der Waals surface area contributed by atoms with Gasteiger partial charge in [-0.05, 0) is 31.4 Å². The molecule has 31 heavy (non-hydrogen) atoms. The van der Waals surface area contributed by atoms with E-state index in [1.54, 1.807) is 24.1 Å². The van der Waals surface area contributed by atoms with E-state index in [0.29, 0.717) is 37.2 Å². The highest BCUT2D eigenvalue weighted by Gasteiger charge is 2.40. The molecule has 2 aliphatic heterocycles. The normalized spacial score (nSPS) is 26.2. The second-order valence-electron chi connectivity index (χ2n) is 7.97. The molecule has 1 aromatic carbocycles. The van der Waals surface area contributed by atoms with Crippen LogP contribution in [-0.4, -0.2) is 79.7 Å². The Morgan fingerprint density at radius 3 is 2.84 bits per heavy atom. The van der Waals surface area contributed by atoms with E-state index in [0.717, 1.165) is 6.42 Å². The average molecular weight is 436 g/mol. The highest BCUT2D eigenvalue weighted by Crippen LogP contribution is 2.29. The molecule has 3 amide bonds. The molecule has 9 heteroatoms. The Hall–Kier alpha value is -2.36. The van der Waals surface area contributed by atoms with Gasteiger partial charge >= 0.3 is 6.03 Å². The number of β-amino-alcohol motifs (C(OH)–C–C–N with tert-alkyl or cyclic N) is 1. The van der Waals surface area contributed by atoms with E-state index in [1.165, 1.54) is 0 Å². The van der Waals surface area contributed by atoms with Gasteiger partial charge in [0.25, 0.3) is 0 Å². The van der Waals surface area contributed by atoms with Crippen LogP contribution in [0.5, 0.6) is 5.75 Å². The van der Waals surface area contributed by atoms with E-state index in [1.807, 2.05) is 19.1 Å². The Balaban J connectivity index is 1.69. The molecule has 0 unspecified atom stereocenters. The summed E-state index contributed by atoms with van der Waals surface area (Å²) in [5.41, 5.74) is 0.557. The number of fused-ring (bicyclic) bond motifs is 1. The van der Waals surface area contributed by atoms with Crippen molar-refractivity contribution in [2.45, 2.75) is 57.0 Å². The van der Waals surface area contributed by atoms with Crippen molar-refractivity contribution >= 4 is 17.6 Å². The maximum absolute atomic E-state index is 13.2. The van der Waals surface area contributed by atoms with Gasteiger partial charge in [0.2, 0.25) is 5.91 Å². The third-order valence-corrected chi connectivity index (χ3v) is 5.58. The molecular formula is C22H33N3O6. The summed E-state index contributed by atoms with van der Waals surface area (Å²) in [6.45, 7) is 3.16. The number of nitrogens with one attached hydrogen (secondary N) is 2. The van der Waals surface area contributed by atoms with Crippen LogP contribution in [0.4, 0.5) is 10.5 Å². The third kappa shape index (κ3) is 6.32. The number of hydrogen-bond acceptors (Lipinski definition) is 6. The van der Waals surface area contributed by atoms with Crippen molar-refractivity contribution in [2.75, 3.05) is 38.7 Å². The molecule has 2 aliphatic rings. The van der Waals surface area contributed by atoms with Crippen molar-refractivity contribution in [3.05, 3.63) is 24.3 Å². The standard InChI is InChI=1S/C22H33N3O6/c1-3-10-23-21(27)11-16-8-9-18-20(31-16)14-30-13-15(26)12-25(18)22(28)24-17-6-4-5-7-19(17)29-2/h4-7,15-16,18,20,26H,3,8-14H2,1-2H3,(H,23,27)(H,24,28)/t15-,16+,18-,20+/m1/s1. The zero-order valence-electron chi connectivity index (χ0n) is 18.2. The van der Waals surface area contributed by atoms with E-state index in [-0.39, 0.29) is 49.9 Å². The zero-order valence-corrected chi connectivity index (χ0v) is 18.2. The summed E-state index contributed by atoms with van der Waals surface area (Å²) in [6.07, 6.45) is 1.11. The lowest BCUT2D eigenvalue weighted by atomic mass is 9.95. The number of carbonyl (C=O) groups is 2. The molecule has 3 rings (SSSR count). The van der Waals surface area contributed by atoms with Crippen LogP contribution in [0.15, 0.2) is 24.3 Å². The van der Waals surface area contributed by atoms with Gasteiger partial charge in [0.15, 0.2) is 0 Å². The number of methoxy groups -OCH3 is 1. The Labute approximate surface area is 183 Å². The smallest absolute Gasteiger partial charge is 0.322 e. The fourth-order valence-electron chi connectivity index (χ4n) is 4.05. The van der Waals surface area contributed by atoms with Crippen molar-refractivity contribution in [1.82, 2.24) is 10.2 Å². The molecule has 4 atom stereocenters. The van der Waals surface area contributed by atoms with E-state index >= 15 is 0 Å². The van der Waals surface area contributed by atoms with Crippen LogP contribution < -0.4 is 15.4 Å². The van der Waals surface area contributed by atoms with Gasteiger partial charge in [-0.3, -0.25) is 4.79 Å². The molecule has 0 saturated carbocycles. The first kappa shape index (κ1) is 23.3.